The van der Waals surface area contributed by atoms with E-state index in [4.69, 9.17) is 0 Å². The molecule has 18 heavy (non-hydrogen) atoms. The first-order valence-electron chi connectivity index (χ1n) is 6.34. The van der Waals surface area contributed by atoms with Gasteiger partial charge in [-0.15, -0.1) is 0 Å². The zero-order chi connectivity index (χ0) is 13.5. The Morgan fingerprint density at radius 1 is 1.22 bits per heavy atom. The second-order valence-electron chi connectivity index (χ2n) is 4.83. The van der Waals surface area contributed by atoms with E-state index in [-0.39, 0.29) is 6.04 Å². The highest BCUT2D eigenvalue weighted by molar-refractivity contribution is 5.21. The van der Waals surface area contributed by atoms with Gasteiger partial charge in [-0.05, 0) is 53.0 Å². The van der Waals surface area contributed by atoms with Crippen LogP contribution < -0.4 is 5.32 Å². The summed E-state index contributed by atoms with van der Waals surface area (Å²) in [5.41, 5.74) is 0.391. The van der Waals surface area contributed by atoms with E-state index in [2.05, 4.69) is 10.2 Å². The molecule has 0 radical (unpaired) electrons. The SMILES string of the molecule is CC(NCCCCN(C)C)c1cccc(F)c1F. The third-order valence-corrected chi connectivity index (χ3v) is 2.93. The summed E-state index contributed by atoms with van der Waals surface area (Å²) in [5, 5.41) is 3.22. The van der Waals surface area contributed by atoms with Crippen molar-refractivity contribution in [3.8, 4) is 0 Å². The van der Waals surface area contributed by atoms with Gasteiger partial charge in [-0.1, -0.05) is 12.1 Å². The van der Waals surface area contributed by atoms with E-state index in [1.54, 1.807) is 6.07 Å². The molecule has 0 bridgehead atoms. The minimum atomic E-state index is -0.784. The molecule has 102 valence electrons. The molecule has 0 aliphatic rings. The van der Waals surface area contributed by atoms with E-state index in [1.807, 2.05) is 21.0 Å². The molecule has 1 rings (SSSR count). The molecule has 1 unspecified atom stereocenters. The second-order valence-corrected chi connectivity index (χ2v) is 4.83. The van der Waals surface area contributed by atoms with Gasteiger partial charge in [-0.3, -0.25) is 0 Å². The summed E-state index contributed by atoms with van der Waals surface area (Å²) in [4.78, 5) is 2.13. The van der Waals surface area contributed by atoms with Crippen molar-refractivity contribution in [3.05, 3.63) is 35.4 Å². The van der Waals surface area contributed by atoms with Crippen LogP contribution in [0.3, 0.4) is 0 Å². The number of nitrogens with zero attached hydrogens (tertiary/aromatic N) is 1. The van der Waals surface area contributed by atoms with E-state index < -0.39 is 11.6 Å². The quantitative estimate of drug-likeness (QED) is 0.755. The predicted molar refractivity (Wildman–Crippen MR) is 70.6 cm³/mol. The smallest absolute Gasteiger partial charge is 0.163 e. The van der Waals surface area contributed by atoms with Crippen LogP contribution in [-0.2, 0) is 0 Å². The molecular weight excluding hydrogens is 234 g/mol. The molecule has 4 heteroatoms. The number of nitrogens with one attached hydrogen (secondary N) is 1. The van der Waals surface area contributed by atoms with Crippen molar-refractivity contribution in [2.75, 3.05) is 27.2 Å². The van der Waals surface area contributed by atoms with Crippen LogP contribution in [0.25, 0.3) is 0 Å². The van der Waals surface area contributed by atoms with Crippen LogP contribution in [0.15, 0.2) is 18.2 Å². The maximum atomic E-state index is 13.5. The minimum Gasteiger partial charge on any atom is -0.310 e. The molecule has 1 aromatic carbocycles. The summed E-state index contributed by atoms with van der Waals surface area (Å²) in [6.07, 6.45) is 2.12. The fraction of sp³-hybridized carbons (Fsp3) is 0.571. The van der Waals surface area contributed by atoms with Gasteiger partial charge in [-0.25, -0.2) is 8.78 Å². The lowest BCUT2D eigenvalue weighted by Gasteiger charge is -2.15. The molecule has 0 heterocycles. The molecule has 0 aromatic heterocycles. The van der Waals surface area contributed by atoms with Crippen molar-refractivity contribution >= 4 is 0 Å². The number of benzene rings is 1. The summed E-state index contributed by atoms with van der Waals surface area (Å²) in [6, 6.07) is 4.14. The van der Waals surface area contributed by atoms with Crippen molar-refractivity contribution in [2.45, 2.75) is 25.8 Å². The molecule has 1 N–H and O–H groups in total. The molecule has 0 amide bonds. The predicted octanol–water partition coefficient (Wildman–Crippen LogP) is 2.96. The van der Waals surface area contributed by atoms with Crippen LogP contribution in [0.4, 0.5) is 8.78 Å². The van der Waals surface area contributed by atoms with Crippen LogP contribution in [0.5, 0.6) is 0 Å². The van der Waals surface area contributed by atoms with Gasteiger partial charge in [0, 0.05) is 11.6 Å². The van der Waals surface area contributed by atoms with E-state index in [0.29, 0.717) is 5.56 Å². The number of unbranched alkanes of at least 4 members (excludes halogenated alkanes) is 1. The number of hydrogen-bond donors (Lipinski definition) is 1. The Hall–Kier alpha value is -1.00. The molecule has 1 aromatic rings. The van der Waals surface area contributed by atoms with Crippen molar-refractivity contribution in [1.82, 2.24) is 10.2 Å². The third kappa shape index (κ3) is 4.70. The van der Waals surface area contributed by atoms with Gasteiger partial charge in [0.05, 0.1) is 0 Å². The highest BCUT2D eigenvalue weighted by Gasteiger charge is 2.13. The Morgan fingerprint density at radius 3 is 2.61 bits per heavy atom. The van der Waals surface area contributed by atoms with E-state index in [1.165, 1.54) is 6.07 Å². The van der Waals surface area contributed by atoms with Crippen molar-refractivity contribution in [1.29, 1.82) is 0 Å². The highest BCUT2D eigenvalue weighted by Crippen LogP contribution is 2.18. The van der Waals surface area contributed by atoms with Crippen LogP contribution >= 0.6 is 0 Å². The fourth-order valence-electron chi connectivity index (χ4n) is 1.84. The van der Waals surface area contributed by atoms with Crippen LogP contribution in [0.1, 0.15) is 31.4 Å². The molecule has 2 nitrogen and oxygen atoms in total. The van der Waals surface area contributed by atoms with Crippen LogP contribution in [0.2, 0.25) is 0 Å². The Balaban J connectivity index is 2.36. The molecule has 0 aliphatic carbocycles. The first-order chi connectivity index (χ1) is 8.52. The number of hydrogen-bond acceptors (Lipinski definition) is 2. The molecule has 0 saturated heterocycles. The minimum absolute atomic E-state index is 0.167. The Labute approximate surface area is 108 Å². The van der Waals surface area contributed by atoms with Crippen molar-refractivity contribution in [2.24, 2.45) is 0 Å². The van der Waals surface area contributed by atoms with Crippen molar-refractivity contribution in [3.63, 3.8) is 0 Å². The summed E-state index contributed by atoms with van der Waals surface area (Å²) >= 11 is 0. The van der Waals surface area contributed by atoms with Crippen LogP contribution in [0, 0.1) is 11.6 Å². The second kappa shape index (κ2) is 7.44. The normalized spacial score (nSPS) is 13.0. The molecular formula is C14H22F2N2. The summed E-state index contributed by atoms with van der Waals surface area (Å²) < 4.78 is 26.6. The van der Waals surface area contributed by atoms with Gasteiger partial charge in [-0.2, -0.15) is 0 Å². The van der Waals surface area contributed by atoms with E-state index in [0.717, 1.165) is 32.0 Å². The van der Waals surface area contributed by atoms with Gasteiger partial charge in [0.25, 0.3) is 0 Å². The van der Waals surface area contributed by atoms with Gasteiger partial charge >= 0.3 is 0 Å². The standard InChI is InChI=1S/C14H22F2N2/c1-11(17-9-4-5-10-18(2)3)12-7-6-8-13(15)14(12)16/h6-8,11,17H,4-5,9-10H2,1-3H3. The van der Waals surface area contributed by atoms with E-state index in [9.17, 15) is 8.78 Å². The maximum absolute atomic E-state index is 13.5. The lowest BCUT2D eigenvalue weighted by molar-refractivity contribution is 0.388. The van der Waals surface area contributed by atoms with Gasteiger partial charge < -0.3 is 10.2 Å². The zero-order valence-corrected chi connectivity index (χ0v) is 11.3. The first-order valence-corrected chi connectivity index (χ1v) is 6.34. The zero-order valence-electron chi connectivity index (χ0n) is 11.3. The number of halogens is 2. The molecule has 0 fully saturated rings. The van der Waals surface area contributed by atoms with Gasteiger partial charge in [0.15, 0.2) is 11.6 Å². The average Bonchev–Trinajstić information content (AvgIpc) is 2.31. The Morgan fingerprint density at radius 2 is 1.94 bits per heavy atom. The monoisotopic (exact) mass is 256 g/mol. The molecule has 0 spiro atoms. The largest absolute Gasteiger partial charge is 0.310 e. The lowest BCUT2D eigenvalue weighted by Crippen LogP contribution is -2.22. The van der Waals surface area contributed by atoms with Gasteiger partial charge in [0.2, 0.25) is 0 Å². The summed E-state index contributed by atoms with van der Waals surface area (Å²) in [6.45, 7) is 3.71. The molecule has 0 saturated carbocycles. The molecule has 0 aliphatic heterocycles. The summed E-state index contributed by atoms with van der Waals surface area (Å²) in [5.74, 6) is -1.53. The summed E-state index contributed by atoms with van der Waals surface area (Å²) in [7, 11) is 4.08. The number of rotatable bonds is 7. The van der Waals surface area contributed by atoms with E-state index >= 15 is 0 Å². The topological polar surface area (TPSA) is 15.3 Å². The first kappa shape index (κ1) is 15.1. The van der Waals surface area contributed by atoms with Gasteiger partial charge in [0.1, 0.15) is 0 Å². The highest BCUT2D eigenvalue weighted by atomic mass is 19.2. The van der Waals surface area contributed by atoms with Crippen molar-refractivity contribution < 1.29 is 8.78 Å². The fourth-order valence-corrected chi connectivity index (χ4v) is 1.84. The Kier molecular flexibility index (Phi) is 6.22. The maximum Gasteiger partial charge on any atom is 0.163 e. The third-order valence-electron chi connectivity index (χ3n) is 2.93. The Bertz CT molecular complexity index is 367. The van der Waals surface area contributed by atoms with Crippen LogP contribution in [-0.4, -0.2) is 32.1 Å². The lowest BCUT2D eigenvalue weighted by atomic mass is 10.1. The molecule has 1 atom stereocenters. The average molecular weight is 256 g/mol.